The Morgan fingerprint density at radius 3 is 2.35 bits per heavy atom. The van der Waals surface area contributed by atoms with Crippen molar-refractivity contribution in [2.75, 3.05) is 11.4 Å². The standard InChI is InChI=1S/C15H22N2O2S/c1-4-15(5-2,13(16)20)14(19)17(6-3)11-8-7-9-12(18)10-11/h7-10,18H,4-6H2,1-3H3,(H2,16,20). The fourth-order valence-electron chi connectivity index (χ4n) is 2.37. The number of phenolic OH excluding ortho intramolecular Hbond substituents is 1. The first-order valence-corrected chi connectivity index (χ1v) is 7.24. The molecular formula is C15H22N2O2S. The molecular weight excluding hydrogens is 272 g/mol. The van der Waals surface area contributed by atoms with Crippen LogP contribution in [0, 0.1) is 5.41 Å². The molecule has 0 atom stereocenters. The normalized spacial score (nSPS) is 11.2. The highest BCUT2D eigenvalue weighted by Crippen LogP contribution is 2.32. The van der Waals surface area contributed by atoms with Crippen LogP contribution in [0.15, 0.2) is 24.3 Å². The van der Waals surface area contributed by atoms with Crippen LogP contribution in [0.4, 0.5) is 5.69 Å². The highest BCUT2D eigenvalue weighted by atomic mass is 32.1. The van der Waals surface area contributed by atoms with Crippen molar-refractivity contribution in [3.63, 3.8) is 0 Å². The third-order valence-corrected chi connectivity index (χ3v) is 4.18. The van der Waals surface area contributed by atoms with Gasteiger partial charge in [-0.25, -0.2) is 0 Å². The molecule has 1 aromatic carbocycles. The van der Waals surface area contributed by atoms with Gasteiger partial charge in [0.15, 0.2) is 0 Å². The van der Waals surface area contributed by atoms with Crippen molar-refractivity contribution in [2.24, 2.45) is 11.1 Å². The van der Waals surface area contributed by atoms with Crippen LogP contribution in [0.2, 0.25) is 0 Å². The summed E-state index contributed by atoms with van der Waals surface area (Å²) >= 11 is 5.13. The van der Waals surface area contributed by atoms with Gasteiger partial charge in [-0.2, -0.15) is 0 Å². The van der Waals surface area contributed by atoms with E-state index in [4.69, 9.17) is 18.0 Å². The number of nitrogens with zero attached hydrogens (tertiary/aromatic N) is 1. The Morgan fingerprint density at radius 1 is 1.35 bits per heavy atom. The fraction of sp³-hybridized carbons (Fsp3) is 0.467. The maximum atomic E-state index is 12.9. The van der Waals surface area contributed by atoms with Crippen molar-refractivity contribution < 1.29 is 9.90 Å². The molecule has 0 aromatic heterocycles. The van der Waals surface area contributed by atoms with Gasteiger partial charge in [0.1, 0.15) is 5.75 Å². The van der Waals surface area contributed by atoms with E-state index in [2.05, 4.69) is 0 Å². The SMILES string of the molecule is CCN(C(=O)C(CC)(CC)C(N)=S)c1cccc(O)c1. The molecule has 0 saturated heterocycles. The van der Waals surface area contributed by atoms with Gasteiger partial charge in [0.25, 0.3) is 0 Å². The van der Waals surface area contributed by atoms with Crippen LogP contribution < -0.4 is 10.6 Å². The van der Waals surface area contributed by atoms with Gasteiger partial charge in [-0.3, -0.25) is 4.79 Å². The average molecular weight is 294 g/mol. The van der Waals surface area contributed by atoms with Crippen molar-refractivity contribution >= 4 is 28.8 Å². The van der Waals surface area contributed by atoms with E-state index in [-0.39, 0.29) is 16.6 Å². The average Bonchev–Trinajstić information content (AvgIpc) is 2.41. The molecule has 0 bridgehead atoms. The summed E-state index contributed by atoms with van der Waals surface area (Å²) in [6, 6.07) is 6.64. The topological polar surface area (TPSA) is 66.6 Å². The highest BCUT2D eigenvalue weighted by molar-refractivity contribution is 7.80. The van der Waals surface area contributed by atoms with Gasteiger partial charge in [0.05, 0.1) is 10.4 Å². The summed E-state index contributed by atoms with van der Waals surface area (Å²) in [5, 5.41) is 9.58. The first-order chi connectivity index (χ1) is 9.42. The lowest BCUT2D eigenvalue weighted by Crippen LogP contribution is -2.50. The van der Waals surface area contributed by atoms with Crippen molar-refractivity contribution in [3.8, 4) is 5.75 Å². The summed E-state index contributed by atoms with van der Waals surface area (Å²) in [4.78, 5) is 14.7. The summed E-state index contributed by atoms with van der Waals surface area (Å²) in [6.45, 7) is 6.21. The fourth-order valence-corrected chi connectivity index (χ4v) is 2.74. The number of benzene rings is 1. The molecule has 0 unspecified atom stereocenters. The van der Waals surface area contributed by atoms with E-state index in [0.717, 1.165) is 0 Å². The lowest BCUT2D eigenvalue weighted by Gasteiger charge is -2.35. The zero-order chi connectivity index (χ0) is 15.3. The quantitative estimate of drug-likeness (QED) is 0.792. The van der Waals surface area contributed by atoms with Gasteiger partial charge in [-0.1, -0.05) is 32.1 Å². The monoisotopic (exact) mass is 294 g/mol. The Labute approximate surface area is 125 Å². The maximum Gasteiger partial charge on any atom is 0.240 e. The van der Waals surface area contributed by atoms with Crippen molar-refractivity contribution in [1.82, 2.24) is 0 Å². The molecule has 0 aliphatic rings. The van der Waals surface area contributed by atoms with E-state index in [1.807, 2.05) is 20.8 Å². The second kappa shape index (κ2) is 6.70. The number of aromatic hydroxyl groups is 1. The molecule has 110 valence electrons. The van der Waals surface area contributed by atoms with E-state index in [1.54, 1.807) is 29.2 Å². The third-order valence-electron chi connectivity index (χ3n) is 3.79. The Bertz CT molecular complexity index is 498. The molecule has 0 spiro atoms. The van der Waals surface area contributed by atoms with Crippen LogP contribution in [0.3, 0.4) is 0 Å². The summed E-state index contributed by atoms with van der Waals surface area (Å²) in [5.41, 5.74) is 5.66. The lowest BCUT2D eigenvalue weighted by molar-refractivity contribution is -0.125. The number of anilines is 1. The molecule has 3 N–H and O–H groups in total. The second-order valence-corrected chi connectivity index (χ2v) is 5.16. The molecule has 0 aliphatic heterocycles. The molecule has 1 amide bonds. The van der Waals surface area contributed by atoms with Crippen molar-refractivity contribution in [2.45, 2.75) is 33.6 Å². The number of carbonyl (C=O) groups excluding carboxylic acids is 1. The predicted molar refractivity (Wildman–Crippen MR) is 85.9 cm³/mol. The number of hydrogen-bond acceptors (Lipinski definition) is 3. The molecule has 4 nitrogen and oxygen atoms in total. The smallest absolute Gasteiger partial charge is 0.240 e. The molecule has 20 heavy (non-hydrogen) atoms. The number of phenols is 1. The molecule has 5 heteroatoms. The number of amides is 1. The molecule has 0 radical (unpaired) electrons. The molecule has 0 heterocycles. The van der Waals surface area contributed by atoms with Crippen LogP contribution in [0.1, 0.15) is 33.6 Å². The minimum atomic E-state index is -0.823. The number of carbonyl (C=O) groups is 1. The summed E-state index contributed by atoms with van der Waals surface area (Å²) in [7, 11) is 0. The van der Waals surface area contributed by atoms with Crippen LogP contribution in [-0.4, -0.2) is 22.5 Å². The minimum absolute atomic E-state index is 0.108. The lowest BCUT2D eigenvalue weighted by atomic mass is 9.80. The molecule has 1 rings (SSSR count). The molecule has 1 aromatic rings. The summed E-state index contributed by atoms with van der Waals surface area (Å²) < 4.78 is 0. The minimum Gasteiger partial charge on any atom is -0.508 e. The first-order valence-electron chi connectivity index (χ1n) is 6.83. The first kappa shape index (κ1) is 16.4. The number of nitrogens with two attached hydrogens (primary N) is 1. The zero-order valence-electron chi connectivity index (χ0n) is 12.2. The van der Waals surface area contributed by atoms with Crippen LogP contribution >= 0.6 is 12.2 Å². The van der Waals surface area contributed by atoms with Gasteiger partial charge in [0.2, 0.25) is 5.91 Å². The highest BCUT2D eigenvalue weighted by Gasteiger charge is 2.41. The Morgan fingerprint density at radius 2 is 1.95 bits per heavy atom. The van der Waals surface area contributed by atoms with Crippen LogP contribution in [0.5, 0.6) is 5.75 Å². The second-order valence-electron chi connectivity index (χ2n) is 4.72. The number of hydrogen-bond donors (Lipinski definition) is 2. The van der Waals surface area contributed by atoms with Crippen LogP contribution in [0.25, 0.3) is 0 Å². The molecule has 0 fully saturated rings. The van der Waals surface area contributed by atoms with Crippen molar-refractivity contribution in [1.29, 1.82) is 0 Å². The summed E-state index contributed by atoms with van der Waals surface area (Å²) in [5.74, 6) is 0.0192. The number of rotatable bonds is 6. The molecule has 0 saturated carbocycles. The van der Waals surface area contributed by atoms with E-state index in [9.17, 15) is 9.90 Å². The van der Waals surface area contributed by atoms with Gasteiger partial charge in [0, 0.05) is 18.3 Å². The van der Waals surface area contributed by atoms with Gasteiger partial charge in [-0.05, 0) is 31.9 Å². The van der Waals surface area contributed by atoms with Gasteiger partial charge in [-0.15, -0.1) is 0 Å². The summed E-state index contributed by atoms with van der Waals surface area (Å²) in [6.07, 6.45) is 1.12. The van der Waals surface area contributed by atoms with E-state index < -0.39 is 5.41 Å². The van der Waals surface area contributed by atoms with E-state index >= 15 is 0 Å². The maximum absolute atomic E-state index is 12.9. The number of thiocarbonyl (C=S) groups is 1. The predicted octanol–water partition coefficient (Wildman–Crippen LogP) is 2.84. The molecule has 0 aliphatic carbocycles. The van der Waals surface area contributed by atoms with E-state index in [0.29, 0.717) is 25.1 Å². The Kier molecular flexibility index (Phi) is 5.51. The third kappa shape index (κ3) is 2.93. The largest absolute Gasteiger partial charge is 0.508 e. The van der Waals surface area contributed by atoms with Crippen LogP contribution in [-0.2, 0) is 4.79 Å². The zero-order valence-corrected chi connectivity index (χ0v) is 13.0. The Hall–Kier alpha value is -1.62. The Balaban J connectivity index is 3.23. The van der Waals surface area contributed by atoms with Gasteiger partial charge >= 0.3 is 0 Å². The van der Waals surface area contributed by atoms with Gasteiger partial charge < -0.3 is 15.7 Å². The van der Waals surface area contributed by atoms with E-state index in [1.165, 1.54) is 0 Å². The van der Waals surface area contributed by atoms with Crippen molar-refractivity contribution in [3.05, 3.63) is 24.3 Å².